The number of benzene rings is 3. The van der Waals surface area contributed by atoms with Crippen molar-refractivity contribution in [2.24, 2.45) is 0 Å². The van der Waals surface area contributed by atoms with Gasteiger partial charge in [0.25, 0.3) is 0 Å². The van der Waals surface area contributed by atoms with Crippen LogP contribution in [0.25, 0.3) is 17.1 Å². The average molecular weight is 527 g/mol. The van der Waals surface area contributed by atoms with Crippen molar-refractivity contribution >= 4 is 34.8 Å². The molecule has 1 amide bonds. The molecule has 0 aliphatic rings. The molecule has 10 heteroatoms. The van der Waals surface area contributed by atoms with Gasteiger partial charge in [0.1, 0.15) is 12.4 Å². The highest BCUT2D eigenvalue weighted by Gasteiger charge is 2.16. The molecule has 0 fully saturated rings. The number of aromatic nitrogens is 3. The molecule has 36 heavy (non-hydrogen) atoms. The Morgan fingerprint density at radius 3 is 2.39 bits per heavy atom. The zero-order valence-corrected chi connectivity index (χ0v) is 21.2. The Balaban J connectivity index is 1.57. The van der Waals surface area contributed by atoms with Crippen LogP contribution in [0.15, 0.2) is 66.7 Å². The van der Waals surface area contributed by atoms with Crippen LogP contribution in [-0.4, -0.2) is 48.1 Å². The molecule has 4 aromatic rings. The number of nitrogens with one attached hydrogen (secondary N) is 1. The zero-order valence-electron chi connectivity index (χ0n) is 19.7. The van der Waals surface area contributed by atoms with E-state index < -0.39 is 0 Å². The summed E-state index contributed by atoms with van der Waals surface area (Å²) in [5, 5.41) is 8.18. The number of hydrogen-bond donors (Lipinski definition) is 1. The lowest BCUT2D eigenvalue weighted by Gasteiger charge is -2.08. The van der Waals surface area contributed by atoms with Gasteiger partial charge in [-0.2, -0.15) is 4.98 Å². The summed E-state index contributed by atoms with van der Waals surface area (Å²) in [5.74, 6) is 1.09. The van der Waals surface area contributed by atoms with Crippen molar-refractivity contribution in [1.29, 1.82) is 0 Å². The predicted molar refractivity (Wildman–Crippen MR) is 140 cm³/mol. The van der Waals surface area contributed by atoms with E-state index in [-0.39, 0.29) is 18.5 Å². The maximum atomic E-state index is 11.8. The largest absolute Gasteiger partial charge is 0.497 e. The molecule has 186 valence electrons. The molecule has 4 rings (SSSR count). The van der Waals surface area contributed by atoms with Crippen LogP contribution in [0.5, 0.6) is 11.8 Å². The Labute approximate surface area is 218 Å². The van der Waals surface area contributed by atoms with Crippen molar-refractivity contribution < 1.29 is 19.0 Å². The van der Waals surface area contributed by atoms with Crippen molar-refractivity contribution in [3.05, 3.63) is 82.3 Å². The predicted octanol–water partition coefficient (Wildman–Crippen LogP) is 5.46. The van der Waals surface area contributed by atoms with Crippen LogP contribution in [0.2, 0.25) is 10.0 Å². The Morgan fingerprint density at radius 2 is 1.72 bits per heavy atom. The average Bonchev–Trinajstić information content (AvgIpc) is 3.31. The highest BCUT2D eigenvalue weighted by Crippen LogP contribution is 2.30. The van der Waals surface area contributed by atoms with Crippen LogP contribution >= 0.6 is 23.2 Å². The molecule has 0 aliphatic carbocycles. The van der Waals surface area contributed by atoms with E-state index in [0.717, 1.165) is 22.6 Å². The van der Waals surface area contributed by atoms with Crippen molar-refractivity contribution in [1.82, 2.24) is 14.8 Å². The lowest BCUT2D eigenvalue weighted by atomic mass is 10.1. The van der Waals surface area contributed by atoms with Crippen molar-refractivity contribution in [2.75, 3.05) is 32.8 Å². The van der Waals surface area contributed by atoms with E-state index in [9.17, 15) is 4.79 Å². The molecule has 0 radical (unpaired) electrons. The number of halogens is 2. The third-order valence-corrected chi connectivity index (χ3v) is 5.96. The number of amides is 1. The Hall–Kier alpha value is -3.59. The van der Waals surface area contributed by atoms with Gasteiger partial charge in [0.2, 0.25) is 5.91 Å². The van der Waals surface area contributed by atoms with Gasteiger partial charge in [-0.05, 0) is 60.2 Å². The van der Waals surface area contributed by atoms with Gasteiger partial charge in [0, 0.05) is 24.8 Å². The number of carbonyl (C=O) groups excluding carboxylic acids is 1. The normalized spacial score (nSPS) is 10.8. The summed E-state index contributed by atoms with van der Waals surface area (Å²) in [6.45, 7) is 0.366. The van der Waals surface area contributed by atoms with E-state index in [1.165, 1.54) is 7.11 Å². The molecule has 8 nitrogen and oxygen atoms in total. The van der Waals surface area contributed by atoms with Gasteiger partial charge in [-0.15, -0.1) is 5.10 Å². The molecular formula is C26H24Cl2N4O4. The molecule has 0 spiro atoms. The lowest BCUT2D eigenvalue weighted by molar-refractivity contribution is -0.119. The first-order valence-corrected chi connectivity index (χ1v) is 11.8. The van der Waals surface area contributed by atoms with Crippen molar-refractivity contribution in [3.63, 3.8) is 0 Å². The summed E-state index contributed by atoms with van der Waals surface area (Å²) in [5.41, 5.74) is 3.18. The zero-order chi connectivity index (χ0) is 25.5. The third kappa shape index (κ3) is 6.34. The number of nitrogens with zero attached hydrogens (tertiary/aromatic N) is 3. The van der Waals surface area contributed by atoms with E-state index in [0.29, 0.717) is 34.6 Å². The first-order valence-electron chi connectivity index (χ1n) is 11.0. The molecule has 0 atom stereocenters. The molecule has 0 aliphatic heterocycles. The first-order chi connectivity index (χ1) is 17.5. The number of ether oxygens (including phenoxy) is 3. The molecule has 0 saturated heterocycles. The molecule has 3 aromatic carbocycles. The molecule has 1 N–H and O–H groups in total. The van der Waals surface area contributed by atoms with Gasteiger partial charge < -0.3 is 19.5 Å². The van der Waals surface area contributed by atoms with E-state index in [2.05, 4.69) is 15.4 Å². The van der Waals surface area contributed by atoms with Crippen LogP contribution in [0.4, 0.5) is 5.69 Å². The fraction of sp³-hybridized carbons (Fsp3) is 0.192. The second kappa shape index (κ2) is 11.9. The molecular weight excluding hydrogens is 503 g/mol. The van der Waals surface area contributed by atoms with E-state index in [1.807, 2.05) is 42.5 Å². The number of anilines is 1. The maximum Gasteiger partial charge on any atom is 0.336 e. The third-order valence-electron chi connectivity index (χ3n) is 5.22. The minimum absolute atomic E-state index is 0.0243. The van der Waals surface area contributed by atoms with Crippen LogP contribution in [-0.2, 0) is 16.0 Å². The highest BCUT2D eigenvalue weighted by atomic mass is 35.5. The highest BCUT2D eigenvalue weighted by molar-refractivity contribution is 6.42. The van der Waals surface area contributed by atoms with Crippen molar-refractivity contribution in [2.45, 2.75) is 6.42 Å². The van der Waals surface area contributed by atoms with Gasteiger partial charge in [0.15, 0.2) is 5.82 Å². The number of hydrogen-bond acceptors (Lipinski definition) is 6. The summed E-state index contributed by atoms with van der Waals surface area (Å²) in [4.78, 5) is 16.4. The Morgan fingerprint density at radius 1 is 0.972 bits per heavy atom. The van der Waals surface area contributed by atoms with Gasteiger partial charge in [0.05, 0.1) is 29.4 Å². The fourth-order valence-electron chi connectivity index (χ4n) is 3.42. The number of carbonyl (C=O) groups is 1. The standard InChI is InChI=1S/C26H24Cl2N4O4/c1-34-16-24(33)29-19-6-8-20(9-7-19)32-25(18-5-12-22(27)23(28)15-18)30-26(31-32)36-14-13-17-3-10-21(35-2)11-4-17/h3-12,15H,13-14,16H2,1-2H3,(H,29,33). The van der Waals surface area contributed by atoms with Gasteiger partial charge in [-0.25, -0.2) is 4.68 Å². The molecule has 1 aromatic heterocycles. The minimum atomic E-state index is -0.241. The summed E-state index contributed by atoms with van der Waals surface area (Å²) in [6.07, 6.45) is 0.677. The number of methoxy groups -OCH3 is 2. The molecule has 1 heterocycles. The Bertz CT molecular complexity index is 1330. The van der Waals surface area contributed by atoms with Crippen LogP contribution in [0.1, 0.15) is 5.56 Å². The van der Waals surface area contributed by atoms with Gasteiger partial charge in [-0.3, -0.25) is 4.79 Å². The summed E-state index contributed by atoms with van der Waals surface area (Å²) in [6, 6.07) is 20.4. The van der Waals surface area contributed by atoms with E-state index in [1.54, 1.807) is 36.1 Å². The van der Waals surface area contributed by atoms with Crippen LogP contribution in [0, 0.1) is 0 Å². The van der Waals surface area contributed by atoms with Gasteiger partial charge in [-0.1, -0.05) is 35.3 Å². The smallest absolute Gasteiger partial charge is 0.336 e. The fourth-order valence-corrected chi connectivity index (χ4v) is 3.72. The lowest BCUT2D eigenvalue weighted by Crippen LogP contribution is -2.17. The first kappa shape index (κ1) is 25.5. The van der Waals surface area contributed by atoms with Crippen molar-refractivity contribution in [3.8, 4) is 28.8 Å². The Kier molecular flexibility index (Phi) is 8.43. The second-order valence-electron chi connectivity index (χ2n) is 7.73. The summed E-state index contributed by atoms with van der Waals surface area (Å²) < 4.78 is 17.6. The topological polar surface area (TPSA) is 87.5 Å². The second-order valence-corrected chi connectivity index (χ2v) is 8.55. The summed E-state index contributed by atoms with van der Waals surface area (Å²) >= 11 is 12.4. The number of rotatable bonds is 10. The minimum Gasteiger partial charge on any atom is -0.497 e. The quantitative estimate of drug-likeness (QED) is 0.295. The monoisotopic (exact) mass is 526 g/mol. The molecule has 0 unspecified atom stereocenters. The van der Waals surface area contributed by atoms with Gasteiger partial charge >= 0.3 is 6.01 Å². The van der Waals surface area contributed by atoms with Crippen LogP contribution < -0.4 is 14.8 Å². The summed E-state index contributed by atoms with van der Waals surface area (Å²) in [7, 11) is 3.10. The van der Waals surface area contributed by atoms with Crippen LogP contribution in [0.3, 0.4) is 0 Å². The van der Waals surface area contributed by atoms with E-state index >= 15 is 0 Å². The SMILES string of the molecule is COCC(=O)Nc1ccc(-n2nc(OCCc3ccc(OC)cc3)nc2-c2ccc(Cl)c(Cl)c2)cc1. The molecule has 0 bridgehead atoms. The maximum absolute atomic E-state index is 11.8. The molecule has 0 saturated carbocycles. The van der Waals surface area contributed by atoms with E-state index in [4.69, 9.17) is 37.4 Å².